The molecule has 0 aromatic heterocycles. The van der Waals surface area contributed by atoms with Crippen LogP contribution in [0.1, 0.15) is 27.2 Å². The normalized spacial score (nSPS) is 14.5. The standard InChI is InChI=1S/C12H26N2O4/c1-9(2)6-10(3)18-8-11(15)7-14-4-5-17-12(13)16/h9-11,14-15H,4-8H2,1-3H3,(H2,13,16). The molecule has 0 spiro atoms. The van der Waals surface area contributed by atoms with E-state index in [4.69, 9.17) is 10.5 Å². The number of nitrogens with two attached hydrogens (primary N) is 1. The molecule has 6 heteroatoms. The van der Waals surface area contributed by atoms with Gasteiger partial charge in [-0.3, -0.25) is 0 Å². The van der Waals surface area contributed by atoms with Crippen LogP contribution in [0, 0.1) is 5.92 Å². The highest BCUT2D eigenvalue weighted by Gasteiger charge is 2.09. The van der Waals surface area contributed by atoms with Gasteiger partial charge in [0.2, 0.25) is 0 Å². The number of carbonyl (C=O) groups is 1. The lowest BCUT2D eigenvalue weighted by atomic mass is 10.1. The van der Waals surface area contributed by atoms with Gasteiger partial charge in [0.15, 0.2) is 0 Å². The van der Waals surface area contributed by atoms with E-state index < -0.39 is 12.2 Å². The Morgan fingerprint density at radius 1 is 1.39 bits per heavy atom. The van der Waals surface area contributed by atoms with Crippen molar-refractivity contribution in [2.24, 2.45) is 11.7 Å². The van der Waals surface area contributed by atoms with E-state index in [-0.39, 0.29) is 12.7 Å². The first-order valence-electron chi connectivity index (χ1n) is 6.34. The number of primary amides is 1. The molecule has 0 aliphatic carbocycles. The molecule has 1 amide bonds. The summed E-state index contributed by atoms with van der Waals surface area (Å²) in [6.07, 6.45) is -0.221. The number of nitrogens with one attached hydrogen (secondary N) is 1. The predicted octanol–water partition coefficient (Wildman–Crippen LogP) is 0.483. The van der Waals surface area contributed by atoms with Crippen molar-refractivity contribution >= 4 is 6.09 Å². The van der Waals surface area contributed by atoms with Crippen molar-refractivity contribution < 1.29 is 19.4 Å². The lowest BCUT2D eigenvalue weighted by Crippen LogP contribution is -2.34. The summed E-state index contributed by atoms with van der Waals surface area (Å²) in [7, 11) is 0. The van der Waals surface area contributed by atoms with Gasteiger partial charge in [0.05, 0.1) is 18.8 Å². The van der Waals surface area contributed by atoms with Crippen LogP contribution >= 0.6 is 0 Å². The molecule has 0 bridgehead atoms. The van der Waals surface area contributed by atoms with Crippen molar-refractivity contribution in [2.45, 2.75) is 39.4 Å². The zero-order chi connectivity index (χ0) is 14.0. The van der Waals surface area contributed by atoms with E-state index in [0.717, 1.165) is 6.42 Å². The van der Waals surface area contributed by atoms with Crippen molar-refractivity contribution in [3.63, 3.8) is 0 Å². The Labute approximate surface area is 109 Å². The first-order valence-corrected chi connectivity index (χ1v) is 6.34. The highest BCUT2D eigenvalue weighted by atomic mass is 16.5. The van der Waals surface area contributed by atoms with Gasteiger partial charge in [-0.25, -0.2) is 4.79 Å². The Kier molecular flexibility index (Phi) is 9.63. The highest BCUT2D eigenvalue weighted by molar-refractivity contribution is 5.64. The molecule has 0 aromatic rings. The Balaban J connectivity index is 3.42. The highest BCUT2D eigenvalue weighted by Crippen LogP contribution is 2.07. The molecule has 0 saturated carbocycles. The van der Waals surface area contributed by atoms with Gasteiger partial charge in [0.1, 0.15) is 6.61 Å². The van der Waals surface area contributed by atoms with E-state index in [1.165, 1.54) is 0 Å². The van der Waals surface area contributed by atoms with E-state index in [1.54, 1.807) is 0 Å². The third-order valence-electron chi connectivity index (χ3n) is 2.28. The second-order valence-electron chi connectivity index (χ2n) is 4.80. The average molecular weight is 262 g/mol. The number of carbonyl (C=O) groups excluding carboxylic acids is 1. The van der Waals surface area contributed by atoms with Crippen LogP contribution in [0.2, 0.25) is 0 Å². The molecule has 6 nitrogen and oxygen atoms in total. The van der Waals surface area contributed by atoms with Crippen molar-refractivity contribution in [3.05, 3.63) is 0 Å². The summed E-state index contributed by atoms with van der Waals surface area (Å²) >= 11 is 0. The number of rotatable bonds is 10. The van der Waals surface area contributed by atoms with Gasteiger partial charge in [-0.05, 0) is 19.3 Å². The molecule has 0 aliphatic rings. The Morgan fingerprint density at radius 2 is 2.06 bits per heavy atom. The van der Waals surface area contributed by atoms with Crippen molar-refractivity contribution in [3.8, 4) is 0 Å². The van der Waals surface area contributed by atoms with E-state index in [2.05, 4.69) is 23.9 Å². The van der Waals surface area contributed by atoms with E-state index in [9.17, 15) is 9.90 Å². The zero-order valence-corrected chi connectivity index (χ0v) is 11.5. The number of hydrogen-bond acceptors (Lipinski definition) is 5. The van der Waals surface area contributed by atoms with Crippen LogP contribution in [0.5, 0.6) is 0 Å². The van der Waals surface area contributed by atoms with Gasteiger partial charge < -0.3 is 25.6 Å². The molecule has 108 valence electrons. The van der Waals surface area contributed by atoms with Gasteiger partial charge in [0.25, 0.3) is 0 Å². The Hall–Kier alpha value is -0.850. The van der Waals surface area contributed by atoms with Crippen LogP contribution in [-0.2, 0) is 9.47 Å². The molecule has 0 radical (unpaired) electrons. The summed E-state index contributed by atoms with van der Waals surface area (Å²) < 4.78 is 10.0. The van der Waals surface area contributed by atoms with Crippen LogP contribution in [0.3, 0.4) is 0 Å². The SMILES string of the molecule is CC(C)CC(C)OCC(O)CNCCOC(N)=O. The van der Waals surface area contributed by atoms with Crippen LogP contribution < -0.4 is 11.1 Å². The number of amides is 1. The topological polar surface area (TPSA) is 93.8 Å². The summed E-state index contributed by atoms with van der Waals surface area (Å²) in [4.78, 5) is 10.3. The monoisotopic (exact) mass is 262 g/mol. The van der Waals surface area contributed by atoms with Crippen LogP contribution in [0.4, 0.5) is 4.79 Å². The van der Waals surface area contributed by atoms with Gasteiger partial charge in [0, 0.05) is 13.1 Å². The molecule has 2 atom stereocenters. The molecule has 0 fully saturated rings. The minimum absolute atomic E-state index is 0.151. The Morgan fingerprint density at radius 3 is 2.61 bits per heavy atom. The number of aliphatic hydroxyl groups excluding tert-OH is 1. The predicted molar refractivity (Wildman–Crippen MR) is 69.3 cm³/mol. The third-order valence-corrected chi connectivity index (χ3v) is 2.28. The molecule has 0 heterocycles. The van der Waals surface area contributed by atoms with Crippen molar-refractivity contribution in [2.75, 3.05) is 26.3 Å². The van der Waals surface area contributed by atoms with Gasteiger partial charge in [-0.15, -0.1) is 0 Å². The molecular weight excluding hydrogens is 236 g/mol. The van der Waals surface area contributed by atoms with Gasteiger partial charge in [-0.2, -0.15) is 0 Å². The maximum atomic E-state index is 10.3. The van der Waals surface area contributed by atoms with Crippen LogP contribution in [0.25, 0.3) is 0 Å². The summed E-state index contributed by atoms with van der Waals surface area (Å²) in [5, 5.41) is 12.6. The summed E-state index contributed by atoms with van der Waals surface area (Å²) in [6.45, 7) is 7.64. The van der Waals surface area contributed by atoms with Crippen molar-refractivity contribution in [1.29, 1.82) is 0 Å². The molecule has 2 unspecified atom stereocenters. The molecule has 4 N–H and O–H groups in total. The smallest absolute Gasteiger partial charge is 0.404 e. The third kappa shape index (κ3) is 11.6. The average Bonchev–Trinajstić information content (AvgIpc) is 2.24. The maximum absolute atomic E-state index is 10.3. The number of aliphatic hydroxyl groups is 1. The molecule has 0 rings (SSSR count). The minimum atomic E-state index is -0.789. The van der Waals surface area contributed by atoms with E-state index >= 15 is 0 Å². The fourth-order valence-corrected chi connectivity index (χ4v) is 1.56. The maximum Gasteiger partial charge on any atom is 0.404 e. The molecular formula is C12H26N2O4. The van der Waals surface area contributed by atoms with Crippen LogP contribution in [-0.4, -0.2) is 49.7 Å². The quantitative estimate of drug-likeness (QED) is 0.498. The lowest BCUT2D eigenvalue weighted by Gasteiger charge is -2.18. The van der Waals surface area contributed by atoms with Gasteiger partial charge in [-0.1, -0.05) is 13.8 Å². The van der Waals surface area contributed by atoms with E-state index in [0.29, 0.717) is 25.6 Å². The molecule has 18 heavy (non-hydrogen) atoms. The molecule has 0 aliphatic heterocycles. The first-order chi connectivity index (χ1) is 8.41. The first kappa shape index (κ1) is 17.2. The van der Waals surface area contributed by atoms with Gasteiger partial charge >= 0.3 is 6.09 Å². The summed E-state index contributed by atoms with van der Waals surface area (Å²) in [5.41, 5.74) is 4.80. The van der Waals surface area contributed by atoms with Crippen molar-refractivity contribution in [1.82, 2.24) is 5.32 Å². The number of ether oxygens (including phenoxy) is 2. The summed E-state index contributed by atoms with van der Waals surface area (Å²) in [6, 6.07) is 0. The fraction of sp³-hybridized carbons (Fsp3) is 0.917. The zero-order valence-electron chi connectivity index (χ0n) is 11.5. The number of hydrogen-bond donors (Lipinski definition) is 3. The summed E-state index contributed by atoms with van der Waals surface area (Å²) in [5.74, 6) is 0.584. The minimum Gasteiger partial charge on any atom is -0.448 e. The van der Waals surface area contributed by atoms with Crippen LogP contribution in [0.15, 0.2) is 0 Å². The largest absolute Gasteiger partial charge is 0.448 e. The Bertz CT molecular complexity index is 224. The molecule has 0 aromatic carbocycles. The second-order valence-corrected chi connectivity index (χ2v) is 4.80. The molecule has 0 saturated heterocycles. The lowest BCUT2D eigenvalue weighted by molar-refractivity contribution is -0.00870. The van der Waals surface area contributed by atoms with E-state index in [1.807, 2.05) is 6.92 Å². The second kappa shape index (κ2) is 10.1. The fourth-order valence-electron chi connectivity index (χ4n) is 1.56.